The molecule has 1 fully saturated rings. The Hall–Kier alpha value is -2.04. The van der Waals surface area contributed by atoms with Gasteiger partial charge in [-0.2, -0.15) is 0 Å². The summed E-state index contributed by atoms with van der Waals surface area (Å²) in [5.74, 6) is 0.117. The molecule has 0 N–H and O–H groups in total. The van der Waals surface area contributed by atoms with E-state index in [0.29, 0.717) is 24.4 Å². The summed E-state index contributed by atoms with van der Waals surface area (Å²) in [6, 6.07) is 7.05. The van der Waals surface area contributed by atoms with Crippen molar-refractivity contribution in [3.8, 4) is 5.75 Å². The highest BCUT2D eigenvalue weighted by atomic mass is 16.5. The van der Waals surface area contributed by atoms with Gasteiger partial charge >= 0.3 is 5.97 Å². The van der Waals surface area contributed by atoms with Gasteiger partial charge in [0.05, 0.1) is 20.1 Å². The number of hydrogen-bond acceptors (Lipinski definition) is 4. The molecule has 0 aliphatic carbocycles. The Morgan fingerprint density at radius 3 is 2.80 bits per heavy atom. The molecular formula is C15H19NO4. The molecule has 20 heavy (non-hydrogen) atoms. The number of amides is 1. The maximum atomic E-state index is 12.4. The summed E-state index contributed by atoms with van der Waals surface area (Å²) in [5, 5.41) is 0. The van der Waals surface area contributed by atoms with E-state index in [1.165, 1.54) is 7.11 Å². The number of methoxy groups -OCH3 is 2. The monoisotopic (exact) mass is 277 g/mol. The molecule has 1 heterocycles. The third kappa shape index (κ3) is 3.10. The molecule has 1 saturated heterocycles. The number of hydrogen-bond donors (Lipinski definition) is 0. The fourth-order valence-electron chi connectivity index (χ4n) is 2.46. The van der Waals surface area contributed by atoms with Crippen LogP contribution in [0.2, 0.25) is 0 Å². The lowest BCUT2D eigenvalue weighted by Crippen LogP contribution is -2.42. The summed E-state index contributed by atoms with van der Waals surface area (Å²) in [6.45, 7) is 1.09. The van der Waals surface area contributed by atoms with Crippen molar-refractivity contribution in [1.82, 2.24) is 4.90 Å². The highest BCUT2D eigenvalue weighted by molar-refractivity contribution is 5.95. The second-order valence-electron chi connectivity index (χ2n) is 4.85. The van der Waals surface area contributed by atoms with Crippen LogP contribution < -0.4 is 4.74 Å². The van der Waals surface area contributed by atoms with Gasteiger partial charge in [0.15, 0.2) is 0 Å². The fourth-order valence-corrected chi connectivity index (χ4v) is 2.46. The summed E-state index contributed by atoms with van der Waals surface area (Å²) in [7, 11) is 2.95. The van der Waals surface area contributed by atoms with E-state index < -0.39 is 0 Å². The minimum absolute atomic E-state index is 0.0718. The molecule has 1 aliphatic heterocycles. The van der Waals surface area contributed by atoms with Crippen LogP contribution in [0.25, 0.3) is 0 Å². The van der Waals surface area contributed by atoms with Gasteiger partial charge in [0.25, 0.3) is 5.91 Å². The van der Waals surface area contributed by atoms with Crippen LogP contribution in [0.4, 0.5) is 0 Å². The fraction of sp³-hybridized carbons (Fsp3) is 0.467. The van der Waals surface area contributed by atoms with E-state index in [2.05, 4.69) is 0 Å². The molecule has 5 nitrogen and oxygen atoms in total. The first-order valence-corrected chi connectivity index (χ1v) is 6.67. The number of likely N-dealkylation sites (tertiary alicyclic amines) is 1. The van der Waals surface area contributed by atoms with Gasteiger partial charge in [-0.25, -0.2) is 0 Å². The lowest BCUT2D eigenvalue weighted by atomic mass is 9.97. The molecule has 5 heteroatoms. The molecule has 0 aromatic heterocycles. The Bertz CT molecular complexity index is 500. The lowest BCUT2D eigenvalue weighted by Gasteiger charge is -2.31. The molecule has 1 atom stereocenters. The normalized spacial score (nSPS) is 18.5. The van der Waals surface area contributed by atoms with Gasteiger partial charge < -0.3 is 14.4 Å². The van der Waals surface area contributed by atoms with Crippen LogP contribution in [-0.4, -0.2) is 44.1 Å². The van der Waals surface area contributed by atoms with Crippen molar-refractivity contribution in [2.24, 2.45) is 5.92 Å². The van der Waals surface area contributed by atoms with Gasteiger partial charge in [-0.1, -0.05) is 6.07 Å². The molecule has 0 saturated carbocycles. The topological polar surface area (TPSA) is 55.8 Å². The second kappa shape index (κ2) is 6.41. The van der Waals surface area contributed by atoms with Crippen molar-refractivity contribution in [1.29, 1.82) is 0 Å². The quantitative estimate of drug-likeness (QED) is 0.789. The van der Waals surface area contributed by atoms with E-state index in [-0.39, 0.29) is 17.8 Å². The highest BCUT2D eigenvalue weighted by Crippen LogP contribution is 2.21. The van der Waals surface area contributed by atoms with Crippen LogP contribution in [0.5, 0.6) is 5.75 Å². The van der Waals surface area contributed by atoms with Gasteiger partial charge in [-0.15, -0.1) is 0 Å². The molecule has 1 aromatic rings. The van der Waals surface area contributed by atoms with Crippen molar-refractivity contribution in [3.63, 3.8) is 0 Å². The number of rotatable bonds is 3. The van der Waals surface area contributed by atoms with Crippen LogP contribution in [0.1, 0.15) is 23.2 Å². The van der Waals surface area contributed by atoms with Crippen LogP contribution in [0.15, 0.2) is 24.3 Å². The molecule has 2 rings (SSSR count). The zero-order valence-electron chi connectivity index (χ0n) is 11.8. The van der Waals surface area contributed by atoms with Gasteiger partial charge in [-0.3, -0.25) is 9.59 Å². The van der Waals surface area contributed by atoms with Crippen molar-refractivity contribution in [2.45, 2.75) is 12.8 Å². The summed E-state index contributed by atoms with van der Waals surface area (Å²) >= 11 is 0. The van der Waals surface area contributed by atoms with Crippen molar-refractivity contribution >= 4 is 11.9 Å². The summed E-state index contributed by atoms with van der Waals surface area (Å²) in [6.07, 6.45) is 1.59. The SMILES string of the molecule is COC(=O)C1CCCN(C(=O)c2cccc(OC)c2)C1. The zero-order chi connectivity index (χ0) is 14.5. The molecule has 1 aromatic carbocycles. The summed E-state index contributed by atoms with van der Waals surface area (Å²) in [5.41, 5.74) is 0.579. The van der Waals surface area contributed by atoms with Gasteiger partial charge in [-0.05, 0) is 31.0 Å². The zero-order valence-corrected chi connectivity index (χ0v) is 11.8. The van der Waals surface area contributed by atoms with E-state index >= 15 is 0 Å². The van der Waals surface area contributed by atoms with Crippen molar-refractivity contribution in [2.75, 3.05) is 27.3 Å². The Morgan fingerprint density at radius 2 is 2.10 bits per heavy atom. The Balaban J connectivity index is 2.10. The molecule has 0 spiro atoms. The summed E-state index contributed by atoms with van der Waals surface area (Å²) < 4.78 is 9.89. The van der Waals surface area contributed by atoms with Gasteiger partial charge in [0, 0.05) is 18.7 Å². The number of esters is 1. The average molecular weight is 277 g/mol. The maximum Gasteiger partial charge on any atom is 0.310 e. The maximum absolute atomic E-state index is 12.4. The number of nitrogens with zero attached hydrogens (tertiary/aromatic N) is 1. The van der Waals surface area contributed by atoms with E-state index in [1.54, 1.807) is 36.3 Å². The number of carbonyl (C=O) groups excluding carboxylic acids is 2. The second-order valence-corrected chi connectivity index (χ2v) is 4.85. The number of ether oxygens (including phenoxy) is 2. The minimum Gasteiger partial charge on any atom is -0.497 e. The molecular weight excluding hydrogens is 258 g/mol. The first kappa shape index (κ1) is 14.4. The Morgan fingerprint density at radius 1 is 1.30 bits per heavy atom. The third-order valence-corrected chi connectivity index (χ3v) is 3.56. The molecule has 1 aliphatic rings. The Labute approximate surface area is 118 Å². The van der Waals surface area contributed by atoms with Crippen LogP contribution in [0, 0.1) is 5.92 Å². The molecule has 1 amide bonds. The van der Waals surface area contributed by atoms with Crippen LogP contribution >= 0.6 is 0 Å². The van der Waals surface area contributed by atoms with Crippen LogP contribution in [-0.2, 0) is 9.53 Å². The van der Waals surface area contributed by atoms with Crippen LogP contribution in [0.3, 0.4) is 0 Å². The smallest absolute Gasteiger partial charge is 0.310 e. The first-order valence-electron chi connectivity index (χ1n) is 6.67. The summed E-state index contributed by atoms with van der Waals surface area (Å²) in [4.78, 5) is 25.7. The predicted octanol–water partition coefficient (Wildman–Crippen LogP) is 1.72. The molecule has 0 bridgehead atoms. The number of benzene rings is 1. The van der Waals surface area contributed by atoms with E-state index in [0.717, 1.165) is 12.8 Å². The molecule has 108 valence electrons. The third-order valence-electron chi connectivity index (χ3n) is 3.56. The Kier molecular flexibility index (Phi) is 4.61. The first-order chi connectivity index (χ1) is 9.65. The van der Waals surface area contributed by atoms with Gasteiger partial charge in [0.1, 0.15) is 5.75 Å². The number of piperidine rings is 1. The molecule has 1 unspecified atom stereocenters. The lowest BCUT2D eigenvalue weighted by molar-refractivity contribution is -0.146. The van der Waals surface area contributed by atoms with Gasteiger partial charge in [0.2, 0.25) is 0 Å². The highest BCUT2D eigenvalue weighted by Gasteiger charge is 2.29. The van der Waals surface area contributed by atoms with Crippen molar-refractivity contribution in [3.05, 3.63) is 29.8 Å². The van der Waals surface area contributed by atoms with E-state index in [4.69, 9.17) is 9.47 Å². The van der Waals surface area contributed by atoms with E-state index in [9.17, 15) is 9.59 Å². The molecule has 0 radical (unpaired) electrons. The van der Waals surface area contributed by atoms with Crippen molar-refractivity contribution < 1.29 is 19.1 Å². The minimum atomic E-state index is -0.242. The number of carbonyl (C=O) groups is 2. The predicted molar refractivity (Wildman–Crippen MR) is 73.6 cm³/mol. The average Bonchev–Trinajstić information content (AvgIpc) is 2.53. The van der Waals surface area contributed by atoms with E-state index in [1.807, 2.05) is 0 Å². The largest absolute Gasteiger partial charge is 0.497 e. The standard InChI is InChI=1S/C15H19NO4/c1-19-13-7-3-5-11(9-13)14(17)16-8-4-6-12(10-16)15(18)20-2/h3,5,7,9,12H,4,6,8,10H2,1-2H3.